The number of hydrogen-bond donors (Lipinski definition) is 5. The molecule has 11 nitrogen and oxygen atoms in total. The number of benzene rings is 6. The first-order chi connectivity index (χ1) is 48.5. The minimum Gasteiger partial charge on any atom is -0.327 e. The largest absolute Gasteiger partial charge is 0.327 e. The van der Waals surface area contributed by atoms with E-state index in [-0.39, 0.29) is 51.9 Å². The van der Waals surface area contributed by atoms with Crippen LogP contribution in [0.5, 0.6) is 0 Å². The van der Waals surface area contributed by atoms with Gasteiger partial charge in [0.25, 0.3) is 0 Å². The Labute approximate surface area is 639 Å². The van der Waals surface area contributed by atoms with E-state index in [9.17, 15) is 13.6 Å². The number of carbonyl (C=O) groups is 1. The van der Waals surface area contributed by atoms with Crippen molar-refractivity contribution in [3.63, 3.8) is 0 Å². The Morgan fingerprint density at radius 2 is 0.904 bits per heavy atom. The van der Waals surface area contributed by atoms with Gasteiger partial charge in [0.15, 0.2) is 0 Å². The summed E-state index contributed by atoms with van der Waals surface area (Å²) in [6.07, 6.45) is 5.67. The number of aryl methyl sites for hydroxylation is 1. The Morgan fingerprint density at radius 3 is 1.34 bits per heavy atom. The summed E-state index contributed by atoms with van der Waals surface area (Å²) in [5, 5.41) is 13.5. The predicted molar refractivity (Wildman–Crippen MR) is 451 cm³/mol. The SMILES string of the molecule is CC(C)(C)C(=O)C[C@H](N)Cc1ccccc1F.CC(C)NCCN(C)C.CC(C)NCCc1ccccn1.CC(C)NCc1ccccc1.CC(C)N[C@@H](C)c1ccccc1.CN(Cc1ccccc1F)C(C)(C)C.CSc1ccccc1CN(C)C(C)(C)C.Cc1ccccc1CN(C)C(C)(C)C. The number of ketones is 1. The highest BCUT2D eigenvalue weighted by atomic mass is 32.2. The normalized spacial score (nSPS) is 12.1. The fraction of sp³-hybridized carbons (Fsp3) is 0.533. The zero-order chi connectivity index (χ0) is 79.2. The molecular weight excluding hydrogens is 1310 g/mol. The van der Waals surface area contributed by atoms with Crippen molar-refractivity contribution in [3.8, 4) is 0 Å². The molecule has 14 heteroatoms. The second-order valence-corrected chi connectivity index (χ2v) is 33.3. The topological polar surface area (TPSA) is 117 Å². The molecule has 104 heavy (non-hydrogen) atoms. The maximum absolute atomic E-state index is 13.4. The lowest BCUT2D eigenvalue weighted by molar-refractivity contribution is -0.126. The van der Waals surface area contributed by atoms with Crippen LogP contribution in [0, 0.1) is 24.0 Å². The third-order valence-electron chi connectivity index (χ3n) is 17.0. The zero-order valence-corrected chi connectivity index (χ0v) is 71.1. The first kappa shape index (κ1) is 98.0. The van der Waals surface area contributed by atoms with E-state index in [0.717, 1.165) is 56.9 Å². The summed E-state index contributed by atoms with van der Waals surface area (Å²) in [7, 11) is 10.5. The lowest BCUT2D eigenvalue weighted by atomic mass is 9.86. The summed E-state index contributed by atoms with van der Waals surface area (Å²) in [4.78, 5) is 26.4. The van der Waals surface area contributed by atoms with Crippen LogP contribution in [0.1, 0.15) is 202 Å². The molecule has 582 valence electrons. The van der Waals surface area contributed by atoms with E-state index in [2.05, 4.69) is 315 Å². The monoisotopic (exact) mass is 1450 g/mol. The third-order valence-corrected chi connectivity index (χ3v) is 17.8. The molecule has 0 aliphatic rings. The average molecular weight is 1450 g/mol. The minimum absolute atomic E-state index is 0.0717. The van der Waals surface area contributed by atoms with Crippen LogP contribution in [-0.2, 0) is 43.8 Å². The first-order valence-electron chi connectivity index (χ1n) is 37.6. The molecule has 0 aliphatic carbocycles. The highest BCUT2D eigenvalue weighted by Gasteiger charge is 2.24. The van der Waals surface area contributed by atoms with Gasteiger partial charge in [-0.3, -0.25) is 24.5 Å². The van der Waals surface area contributed by atoms with Crippen LogP contribution < -0.4 is 27.0 Å². The fourth-order valence-corrected chi connectivity index (χ4v) is 9.77. The predicted octanol–water partition coefficient (Wildman–Crippen LogP) is 19.7. The van der Waals surface area contributed by atoms with Gasteiger partial charge in [0, 0.05) is 139 Å². The van der Waals surface area contributed by atoms with Crippen LogP contribution in [0.3, 0.4) is 0 Å². The smallest absolute Gasteiger partial charge is 0.139 e. The quantitative estimate of drug-likeness (QED) is 0.0351. The maximum atomic E-state index is 13.4. The average Bonchev–Trinajstić information content (AvgIpc) is 0.876. The molecular formula is C90H146F2N10OS. The van der Waals surface area contributed by atoms with Gasteiger partial charge in [-0.05, 0) is 188 Å². The molecule has 6 N–H and O–H groups in total. The number of hydrogen-bond acceptors (Lipinski definition) is 12. The second kappa shape index (κ2) is 52.9. The van der Waals surface area contributed by atoms with Crippen LogP contribution in [-0.4, -0.2) is 138 Å². The van der Waals surface area contributed by atoms with Gasteiger partial charge in [0.05, 0.1) is 0 Å². The minimum atomic E-state index is -0.382. The molecule has 0 spiro atoms. The number of likely N-dealkylation sites (N-methyl/N-ethyl adjacent to an activating group) is 1. The summed E-state index contributed by atoms with van der Waals surface area (Å²) in [5.74, 6) is -0.268. The molecule has 0 saturated carbocycles. The van der Waals surface area contributed by atoms with Crippen molar-refractivity contribution in [2.45, 2.75) is 256 Å². The van der Waals surface area contributed by atoms with Gasteiger partial charge < -0.3 is 31.9 Å². The van der Waals surface area contributed by atoms with Gasteiger partial charge in [-0.25, -0.2) is 8.78 Å². The van der Waals surface area contributed by atoms with Gasteiger partial charge >= 0.3 is 0 Å². The number of rotatable bonds is 25. The molecule has 0 unspecified atom stereocenters. The van der Waals surface area contributed by atoms with E-state index in [1.54, 1.807) is 24.3 Å². The Hall–Kier alpha value is -6.01. The van der Waals surface area contributed by atoms with Gasteiger partial charge in [-0.2, -0.15) is 0 Å². The lowest BCUT2D eigenvalue weighted by Crippen LogP contribution is -2.37. The lowest BCUT2D eigenvalue weighted by Gasteiger charge is -2.32. The van der Waals surface area contributed by atoms with Crippen molar-refractivity contribution < 1.29 is 13.6 Å². The first-order valence-corrected chi connectivity index (χ1v) is 38.9. The van der Waals surface area contributed by atoms with Crippen LogP contribution in [0.2, 0.25) is 0 Å². The Balaban J connectivity index is 0.00000117. The van der Waals surface area contributed by atoms with Gasteiger partial charge in [0.1, 0.15) is 17.4 Å². The van der Waals surface area contributed by atoms with E-state index in [4.69, 9.17) is 5.73 Å². The van der Waals surface area contributed by atoms with Crippen LogP contribution in [0.15, 0.2) is 187 Å². The number of aromatic nitrogens is 1. The third kappa shape index (κ3) is 49.0. The van der Waals surface area contributed by atoms with E-state index in [1.165, 1.54) is 44.8 Å². The number of nitrogens with two attached hydrogens (primary N) is 1. The van der Waals surface area contributed by atoms with Crippen molar-refractivity contribution in [2.24, 2.45) is 11.1 Å². The molecule has 0 saturated heterocycles. The Bertz CT molecular complexity index is 3200. The molecule has 0 fully saturated rings. The molecule has 2 atom stereocenters. The van der Waals surface area contributed by atoms with Gasteiger partial charge in [-0.15, -0.1) is 11.8 Å². The van der Waals surface area contributed by atoms with Crippen molar-refractivity contribution in [3.05, 3.63) is 238 Å². The fourth-order valence-electron chi connectivity index (χ4n) is 9.16. The molecule has 7 rings (SSSR count). The van der Waals surface area contributed by atoms with Crippen molar-refractivity contribution >= 4 is 17.5 Å². The number of Topliss-reactive ketones (excluding diaryl/α,β-unsaturated/α-hetero) is 1. The van der Waals surface area contributed by atoms with E-state index < -0.39 is 0 Å². The molecule has 0 radical (unpaired) electrons. The highest BCUT2D eigenvalue weighted by Crippen LogP contribution is 2.25. The molecule has 0 amide bonds. The molecule has 0 bridgehead atoms. The van der Waals surface area contributed by atoms with E-state index in [0.29, 0.717) is 48.7 Å². The van der Waals surface area contributed by atoms with Crippen molar-refractivity contribution in [1.82, 2.24) is 45.9 Å². The number of halogens is 2. The molecule has 1 heterocycles. The number of carbonyl (C=O) groups excluding carboxylic acids is 1. The summed E-state index contributed by atoms with van der Waals surface area (Å²) in [6.45, 7) is 53.9. The molecule has 0 aliphatic heterocycles. The number of pyridine rings is 1. The standard InChI is InChI=1S/C14H20FNO.C13H21NS.C13H21N.C12H18FN.C11H17N.C10H16N2.C10H15N.C7H18N2/c1-14(2,3)13(17)9-11(16)8-10-6-4-5-7-12(10)15;1-13(2,3)14(4)10-11-8-6-7-9-12(11)15-5;1-11-8-6-7-9-12(11)10-14(5)13(2,3)4;1-12(2,3)14(4)9-10-7-5-6-8-11(10)13;1-9(2)12-10(3)11-7-5-4-6-8-11;1-9(2)11-8-6-10-5-3-4-7-12-10;1-9(2)11-8-10-6-4-3-5-7-10;1-7(2)8-5-6-9(3)4/h4-7,11H,8-9,16H2,1-3H3;6-9H,10H2,1-5H3;6-9H,10H2,1-5H3;5-8H,9H2,1-4H3;4-10,12H,1-3H3;3-5,7,9,11H,6,8H2,1-2H3;3-7,9,11H,8H2,1-2H3;7-8H,5-6H2,1-4H3/t11-;;;;10-;;;/m1...0.../s1. The summed E-state index contributed by atoms with van der Waals surface area (Å²) < 4.78 is 26.7. The van der Waals surface area contributed by atoms with Crippen LogP contribution in [0.4, 0.5) is 8.78 Å². The zero-order valence-electron chi connectivity index (χ0n) is 70.2. The maximum Gasteiger partial charge on any atom is 0.139 e. The van der Waals surface area contributed by atoms with Gasteiger partial charge in [0.2, 0.25) is 0 Å². The Kier molecular flexibility index (Phi) is 49.8. The number of nitrogens with one attached hydrogen (secondary N) is 4. The molecule has 1 aromatic heterocycles. The number of nitrogens with zero attached hydrogens (tertiary/aromatic N) is 5. The highest BCUT2D eigenvalue weighted by molar-refractivity contribution is 7.98. The summed E-state index contributed by atoms with van der Waals surface area (Å²) in [5.41, 5.74) is 15.4. The molecule has 6 aromatic carbocycles. The van der Waals surface area contributed by atoms with Crippen molar-refractivity contribution in [2.75, 3.05) is 61.1 Å². The summed E-state index contributed by atoms with van der Waals surface area (Å²) in [6, 6.07) is 60.1. The molecule has 7 aromatic rings. The van der Waals surface area contributed by atoms with Crippen LogP contribution in [0.25, 0.3) is 0 Å². The van der Waals surface area contributed by atoms with E-state index >= 15 is 0 Å². The summed E-state index contributed by atoms with van der Waals surface area (Å²) >= 11 is 1.82. The second-order valence-electron chi connectivity index (χ2n) is 32.4. The number of thioether (sulfide) groups is 1. The van der Waals surface area contributed by atoms with E-state index in [1.807, 2.05) is 82.2 Å². The van der Waals surface area contributed by atoms with Crippen molar-refractivity contribution in [1.29, 1.82) is 0 Å². The van der Waals surface area contributed by atoms with Gasteiger partial charge in [-0.1, -0.05) is 222 Å². The Morgan fingerprint density at radius 1 is 0.490 bits per heavy atom. The van der Waals surface area contributed by atoms with Crippen LogP contribution >= 0.6 is 11.8 Å².